The van der Waals surface area contributed by atoms with Crippen LogP contribution in [-0.2, 0) is 9.53 Å². The van der Waals surface area contributed by atoms with E-state index in [2.05, 4.69) is 17.1 Å². The summed E-state index contributed by atoms with van der Waals surface area (Å²) >= 11 is 0. The molecule has 0 bridgehead atoms. The Kier molecular flexibility index (Phi) is 7.16. The van der Waals surface area contributed by atoms with Crippen molar-refractivity contribution in [2.45, 2.75) is 32.2 Å². The van der Waals surface area contributed by atoms with Crippen LogP contribution < -0.4 is 11.1 Å². The van der Waals surface area contributed by atoms with Gasteiger partial charge in [-0.3, -0.25) is 9.69 Å². The second kappa shape index (κ2) is 8.44. The zero-order valence-corrected chi connectivity index (χ0v) is 10.8. The lowest BCUT2D eigenvalue weighted by Crippen LogP contribution is -2.47. The molecule has 0 radical (unpaired) electrons. The van der Waals surface area contributed by atoms with E-state index in [9.17, 15) is 4.79 Å². The van der Waals surface area contributed by atoms with Gasteiger partial charge in [-0.25, -0.2) is 0 Å². The Morgan fingerprint density at radius 3 is 2.71 bits per heavy atom. The second-order valence-corrected chi connectivity index (χ2v) is 4.53. The molecular weight excluding hydrogens is 218 g/mol. The molecule has 1 rings (SSSR count). The fraction of sp³-hybridized carbons (Fsp3) is 0.917. The van der Waals surface area contributed by atoms with E-state index in [-0.39, 0.29) is 5.91 Å². The summed E-state index contributed by atoms with van der Waals surface area (Å²) in [6.07, 6.45) is 3.20. The molecule has 0 spiro atoms. The maximum atomic E-state index is 11.1. The molecule has 1 amide bonds. The van der Waals surface area contributed by atoms with E-state index in [4.69, 9.17) is 10.5 Å². The molecule has 1 saturated heterocycles. The molecular formula is C12H25N3O2. The fourth-order valence-corrected chi connectivity index (χ4v) is 2.19. The highest BCUT2D eigenvalue weighted by atomic mass is 16.5. The number of nitrogens with zero attached hydrogens (tertiary/aromatic N) is 1. The molecule has 5 nitrogen and oxygen atoms in total. The summed E-state index contributed by atoms with van der Waals surface area (Å²) in [7, 11) is 0. The van der Waals surface area contributed by atoms with Crippen LogP contribution in [0.3, 0.4) is 0 Å². The first kappa shape index (κ1) is 14.4. The summed E-state index contributed by atoms with van der Waals surface area (Å²) in [5.74, 6) is -0.251. The first-order valence-electron chi connectivity index (χ1n) is 6.55. The highest BCUT2D eigenvalue weighted by Crippen LogP contribution is 2.11. The normalized spacial score (nSPS) is 17.5. The van der Waals surface area contributed by atoms with E-state index in [1.165, 1.54) is 0 Å². The molecule has 3 N–H and O–H groups in total. The quantitative estimate of drug-likeness (QED) is 0.587. The van der Waals surface area contributed by atoms with Gasteiger partial charge in [-0.2, -0.15) is 0 Å². The standard InChI is InChI=1S/C12H25N3O2/c1-2-8-17-9-7-15(10-12(13)16)11-3-5-14-6-4-11/h11,14H,2-10H2,1H3,(H2,13,16). The number of ether oxygens (including phenoxy) is 1. The van der Waals surface area contributed by atoms with Crippen LogP contribution in [0.2, 0.25) is 0 Å². The van der Waals surface area contributed by atoms with Crippen molar-refractivity contribution in [3.8, 4) is 0 Å². The SMILES string of the molecule is CCCOCCN(CC(N)=O)C1CCNCC1. The van der Waals surface area contributed by atoms with E-state index in [1.54, 1.807) is 0 Å². The van der Waals surface area contributed by atoms with Gasteiger partial charge in [-0.05, 0) is 32.4 Å². The molecule has 1 aliphatic heterocycles. The topological polar surface area (TPSA) is 67.6 Å². The smallest absolute Gasteiger partial charge is 0.231 e. The van der Waals surface area contributed by atoms with Gasteiger partial charge in [0, 0.05) is 19.2 Å². The summed E-state index contributed by atoms with van der Waals surface area (Å²) in [6.45, 7) is 6.76. The van der Waals surface area contributed by atoms with Crippen molar-refractivity contribution < 1.29 is 9.53 Å². The minimum atomic E-state index is -0.251. The van der Waals surface area contributed by atoms with Crippen molar-refractivity contribution >= 4 is 5.91 Å². The minimum absolute atomic E-state index is 0.251. The zero-order valence-electron chi connectivity index (χ0n) is 10.8. The largest absolute Gasteiger partial charge is 0.380 e. The van der Waals surface area contributed by atoms with Crippen LogP contribution >= 0.6 is 0 Å². The number of amides is 1. The Hall–Kier alpha value is -0.650. The van der Waals surface area contributed by atoms with Gasteiger partial charge < -0.3 is 15.8 Å². The van der Waals surface area contributed by atoms with Gasteiger partial charge in [0.2, 0.25) is 5.91 Å². The van der Waals surface area contributed by atoms with Crippen molar-refractivity contribution in [1.29, 1.82) is 0 Å². The summed E-state index contributed by atoms with van der Waals surface area (Å²) in [5.41, 5.74) is 5.29. The number of carbonyl (C=O) groups is 1. The van der Waals surface area contributed by atoms with Gasteiger partial charge in [-0.15, -0.1) is 0 Å². The van der Waals surface area contributed by atoms with Crippen LogP contribution in [0.4, 0.5) is 0 Å². The molecule has 0 saturated carbocycles. The molecule has 0 unspecified atom stereocenters. The Morgan fingerprint density at radius 2 is 2.12 bits per heavy atom. The van der Waals surface area contributed by atoms with Crippen molar-refractivity contribution in [1.82, 2.24) is 10.2 Å². The van der Waals surface area contributed by atoms with E-state index in [0.717, 1.165) is 45.5 Å². The molecule has 0 aliphatic carbocycles. The van der Waals surface area contributed by atoms with Gasteiger partial charge >= 0.3 is 0 Å². The molecule has 0 aromatic rings. The molecule has 0 aromatic heterocycles. The summed E-state index contributed by atoms with van der Waals surface area (Å²) < 4.78 is 5.48. The number of hydrogen-bond donors (Lipinski definition) is 2. The summed E-state index contributed by atoms with van der Waals surface area (Å²) in [4.78, 5) is 13.2. The van der Waals surface area contributed by atoms with Crippen LogP contribution in [0, 0.1) is 0 Å². The number of rotatable bonds is 8. The third-order valence-corrected chi connectivity index (χ3v) is 3.06. The number of nitrogens with two attached hydrogens (primary N) is 1. The van der Waals surface area contributed by atoms with Gasteiger partial charge in [0.1, 0.15) is 0 Å². The van der Waals surface area contributed by atoms with E-state index in [1.807, 2.05) is 0 Å². The van der Waals surface area contributed by atoms with Crippen molar-refractivity contribution in [2.75, 3.05) is 39.4 Å². The Bertz CT molecular complexity index is 218. The first-order chi connectivity index (χ1) is 8.24. The van der Waals surface area contributed by atoms with E-state index in [0.29, 0.717) is 19.2 Å². The molecule has 0 atom stereocenters. The first-order valence-corrected chi connectivity index (χ1v) is 6.55. The van der Waals surface area contributed by atoms with Gasteiger partial charge in [-0.1, -0.05) is 6.92 Å². The second-order valence-electron chi connectivity index (χ2n) is 4.53. The summed E-state index contributed by atoms with van der Waals surface area (Å²) in [6, 6.07) is 0.467. The van der Waals surface area contributed by atoms with Crippen molar-refractivity contribution in [2.24, 2.45) is 5.73 Å². The third-order valence-electron chi connectivity index (χ3n) is 3.06. The molecule has 17 heavy (non-hydrogen) atoms. The van der Waals surface area contributed by atoms with Crippen molar-refractivity contribution in [3.05, 3.63) is 0 Å². The van der Waals surface area contributed by atoms with Crippen LogP contribution in [0.15, 0.2) is 0 Å². The van der Waals surface area contributed by atoms with E-state index < -0.39 is 0 Å². The Labute approximate surface area is 104 Å². The van der Waals surface area contributed by atoms with Crippen LogP contribution in [0.1, 0.15) is 26.2 Å². The van der Waals surface area contributed by atoms with Gasteiger partial charge in [0.05, 0.1) is 13.2 Å². The predicted octanol–water partition coefficient (Wildman–Crippen LogP) is -0.0477. The average molecular weight is 243 g/mol. The predicted molar refractivity (Wildman–Crippen MR) is 67.8 cm³/mol. The lowest BCUT2D eigenvalue weighted by molar-refractivity contribution is -0.120. The number of piperidine rings is 1. The lowest BCUT2D eigenvalue weighted by Gasteiger charge is -2.33. The highest BCUT2D eigenvalue weighted by molar-refractivity contribution is 5.75. The number of nitrogens with one attached hydrogen (secondary N) is 1. The molecule has 1 heterocycles. The molecule has 1 aliphatic rings. The monoisotopic (exact) mass is 243 g/mol. The van der Waals surface area contributed by atoms with Gasteiger partial charge in [0.25, 0.3) is 0 Å². The van der Waals surface area contributed by atoms with Crippen LogP contribution in [0.25, 0.3) is 0 Å². The maximum absolute atomic E-state index is 11.1. The fourth-order valence-electron chi connectivity index (χ4n) is 2.19. The molecule has 5 heteroatoms. The number of primary amides is 1. The van der Waals surface area contributed by atoms with Gasteiger partial charge in [0.15, 0.2) is 0 Å². The number of hydrogen-bond acceptors (Lipinski definition) is 4. The lowest BCUT2D eigenvalue weighted by atomic mass is 10.0. The molecule has 0 aromatic carbocycles. The summed E-state index contributed by atoms with van der Waals surface area (Å²) in [5, 5.41) is 3.33. The highest BCUT2D eigenvalue weighted by Gasteiger charge is 2.21. The van der Waals surface area contributed by atoms with Crippen molar-refractivity contribution in [3.63, 3.8) is 0 Å². The molecule has 100 valence electrons. The maximum Gasteiger partial charge on any atom is 0.231 e. The van der Waals surface area contributed by atoms with Crippen LogP contribution in [-0.4, -0.2) is 56.2 Å². The minimum Gasteiger partial charge on any atom is -0.380 e. The number of carbonyl (C=O) groups excluding carboxylic acids is 1. The molecule has 1 fully saturated rings. The zero-order chi connectivity index (χ0) is 12.5. The van der Waals surface area contributed by atoms with E-state index >= 15 is 0 Å². The third kappa shape index (κ3) is 6.00. The Morgan fingerprint density at radius 1 is 1.41 bits per heavy atom. The van der Waals surface area contributed by atoms with Crippen LogP contribution in [0.5, 0.6) is 0 Å². The average Bonchev–Trinajstić information content (AvgIpc) is 2.34. The Balaban J connectivity index is 2.33.